The van der Waals surface area contributed by atoms with Crippen molar-refractivity contribution in [3.63, 3.8) is 0 Å². The molecule has 96 valence electrons. The van der Waals surface area contributed by atoms with Gasteiger partial charge in [-0.1, -0.05) is 0 Å². The number of hydrogen-bond donors (Lipinski definition) is 2. The number of sulfonamides is 1. The first-order chi connectivity index (χ1) is 8.38. The number of nitrogens with two attached hydrogens (primary N) is 1. The first-order valence-corrected chi connectivity index (χ1v) is 6.75. The fourth-order valence-electron chi connectivity index (χ4n) is 1.41. The second-order valence-corrected chi connectivity index (χ2v) is 5.59. The van der Waals surface area contributed by atoms with Gasteiger partial charge in [0.05, 0.1) is 0 Å². The lowest BCUT2D eigenvalue weighted by Gasteiger charge is -2.05. The molecule has 1 aromatic carbocycles. The van der Waals surface area contributed by atoms with Crippen LogP contribution in [0.1, 0.15) is 5.82 Å². The van der Waals surface area contributed by atoms with E-state index in [1.165, 1.54) is 6.20 Å². The van der Waals surface area contributed by atoms with E-state index in [9.17, 15) is 8.42 Å². The van der Waals surface area contributed by atoms with Gasteiger partial charge in [-0.05, 0) is 31.2 Å². The summed E-state index contributed by atoms with van der Waals surface area (Å²) in [5.41, 5.74) is 6.56. The fourth-order valence-corrected chi connectivity index (χ4v) is 2.51. The Morgan fingerprint density at radius 3 is 2.39 bits per heavy atom. The van der Waals surface area contributed by atoms with E-state index in [2.05, 4.69) is 9.71 Å². The largest absolute Gasteiger partial charge is 0.399 e. The summed E-state index contributed by atoms with van der Waals surface area (Å²) >= 11 is 0. The molecular weight excluding hydrogens is 252 g/mol. The summed E-state index contributed by atoms with van der Waals surface area (Å²) in [6, 6.07) is 6.45. The van der Waals surface area contributed by atoms with Crippen molar-refractivity contribution in [3.05, 3.63) is 36.3 Å². The minimum absolute atomic E-state index is 0.000625. The van der Waals surface area contributed by atoms with Crippen molar-refractivity contribution in [2.75, 3.05) is 10.5 Å². The average molecular weight is 266 g/mol. The molecule has 0 unspecified atom stereocenters. The Labute approximate surface area is 106 Å². The van der Waals surface area contributed by atoms with Crippen LogP contribution in [0.15, 0.2) is 35.5 Å². The number of imidazole rings is 1. The van der Waals surface area contributed by atoms with Crippen LogP contribution in [-0.2, 0) is 17.1 Å². The molecule has 1 heterocycles. The number of aromatic nitrogens is 2. The standard InChI is InChI=1S/C11H14N4O2S/c1-8-13-11(7-15(8)2)18(16,17)14-10-5-3-9(12)4-6-10/h3-7,14H,12H2,1-2H3. The van der Waals surface area contributed by atoms with Crippen LogP contribution in [0.5, 0.6) is 0 Å². The van der Waals surface area contributed by atoms with Crippen molar-refractivity contribution in [1.82, 2.24) is 9.55 Å². The Kier molecular flexibility index (Phi) is 3.00. The first-order valence-electron chi connectivity index (χ1n) is 5.27. The third kappa shape index (κ3) is 2.45. The van der Waals surface area contributed by atoms with Crippen LogP contribution < -0.4 is 10.5 Å². The van der Waals surface area contributed by atoms with E-state index in [0.29, 0.717) is 17.2 Å². The van der Waals surface area contributed by atoms with Crippen molar-refractivity contribution in [3.8, 4) is 0 Å². The van der Waals surface area contributed by atoms with E-state index in [-0.39, 0.29) is 5.03 Å². The van der Waals surface area contributed by atoms with E-state index >= 15 is 0 Å². The molecule has 0 radical (unpaired) electrons. The van der Waals surface area contributed by atoms with Crippen LogP contribution in [0.4, 0.5) is 11.4 Å². The fraction of sp³-hybridized carbons (Fsp3) is 0.182. The molecule has 0 atom stereocenters. The number of nitrogen functional groups attached to an aromatic ring is 1. The van der Waals surface area contributed by atoms with Crippen LogP contribution in [0, 0.1) is 6.92 Å². The summed E-state index contributed by atoms with van der Waals surface area (Å²) in [7, 11) is -1.91. The molecule has 0 fully saturated rings. The Bertz CT molecular complexity index is 639. The van der Waals surface area contributed by atoms with E-state index in [1.54, 1.807) is 42.8 Å². The summed E-state index contributed by atoms with van der Waals surface area (Å²) in [5, 5.41) is -0.000625. The van der Waals surface area contributed by atoms with E-state index < -0.39 is 10.0 Å². The third-order valence-corrected chi connectivity index (χ3v) is 3.78. The zero-order valence-corrected chi connectivity index (χ0v) is 10.9. The van der Waals surface area contributed by atoms with Crippen LogP contribution in [-0.4, -0.2) is 18.0 Å². The van der Waals surface area contributed by atoms with Gasteiger partial charge in [-0.15, -0.1) is 0 Å². The average Bonchev–Trinajstić information content (AvgIpc) is 2.63. The highest BCUT2D eigenvalue weighted by Gasteiger charge is 2.18. The molecule has 2 aromatic rings. The van der Waals surface area contributed by atoms with Gasteiger partial charge in [-0.2, -0.15) is 8.42 Å². The monoisotopic (exact) mass is 266 g/mol. The van der Waals surface area contributed by atoms with Crippen molar-refractivity contribution in [2.45, 2.75) is 11.9 Å². The lowest BCUT2D eigenvalue weighted by Crippen LogP contribution is -2.13. The SMILES string of the molecule is Cc1nc(S(=O)(=O)Nc2ccc(N)cc2)cn1C. The van der Waals surface area contributed by atoms with E-state index in [0.717, 1.165) is 0 Å². The van der Waals surface area contributed by atoms with Gasteiger partial charge in [-0.3, -0.25) is 4.72 Å². The van der Waals surface area contributed by atoms with Crippen LogP contribution in [0.25, 0.3) is 0 Å². The van der Waals surface area contributed by atoms with Crippen LogP contribution >= 0.6 is 0 Å². The predicted molar refractivity (Wildman–Crippen MR) is 69.6 cm³/mol. The highest BCUT2D eigenvalue weighted by atomic mass is 32.2. The zero-order valence-electron chi connectivity index (χ0n) is 10.1. The lowest BCUT2D eigenvalue weighted by atomic mass is 10.3. The van der Waals surface area contributed by atoms with Crippen molar-refractivity contribution in [1.29, 1.82) is 0 Å². The van der Waals surface area contributed by atoms with Crippen molar-refractivity contribution in [2.24, 2.45) is 7.05 Å². The molecule has 18 heavy (non-hydrogen) atoms. The Hall–Kier alpha value is -2.02. The van der Waals surface area contributed by atoms with Crippen molar-refractivity contribution >= 4 is 21.4 Å². The number of nitrogens with one attached hydrogen (secondary N) is 1. The Morgan fingerprint density at radius 2 is 1.89 bits per heavy atom. The molecule has 0 aliphatic rings. The minimum Gasteiger partial charge on any atom is -0.399 e. The van der Waals surface area contributed by atoms with Gasteiger partial charge in [-0.25, -0.2) is 4.98 Å². The molecule has 7 heteroatoms. The van der Waals surface area contributed by atoms with Gasteiger partial charge in [0.1, 0.15) is 5.82 Å². The molecule has 0 saturated heterocycles. The number of anilines is 2. The smallest absolute Gasteiger partial charge is 0.280 e. The zero-order chi connectivity index (χ0) is 13.3. The van der Waals surface area contributed by atoms with Gasteiger partial charge >= 0.3 is 0 Å². The first kappa shape index (κ1) is 12.4. The quantitative estimate of drug-likeness (QED) is 0.814. The summed E-state index contributed by atoms with van der Waals surface area (Å²) in [5.74, 6) is 0.632. The number of aryl methyl sites for hydroxylation is 2. The van der Waals surface area contributed by atoms with Gasteiger partial charge in [0.25, 0.3) is 10.0 Å². The lowest BCUT2D eigenvalue weighted by molar-refractivity contribution is 0.598. The maximum Gasteiger partial charge on any atom is 0.280 e. The van der Waals surface area contributed by atoms with Crippen LogP contribution in [0.3, 0.4) is 0 Å². The van der Waals surface area contributed by atoms with E-state index in [1.807, 2.05) is 0 Å². The van der Waals surface area contributed by atoms with Gasteiger partial charge < -0.3 is 10.3 Å². The normalized spacial score (nSPS) is 11.4. The van der Waals surface area contributed by atoms with Crippen molar-refractivity contribution < 1.29 is 8.42 Å². The van der Waals surface area contributed by atoms with Gasteiger partial charge in [0.2, 0.25) is 0 Å². The minimum atomic E-state index is -3.65. The molecule has 0 bridgehead atoms. The molecule has 0 spiro atoms. The highest BCUT2D eigenvalue weighted by Crippen LogP contribution is 2.16. The summed E-state index contributed by atoms with van der Waals surface area (Å²) < 4.78 is 28.2. The molecular formula is C11H14N4O2S. The van der Waals surface area contributed by atoms with Gasteiger partial charge in [0.15, 0.2) is 5.03 Å². The molecule has 0 saturated carbocycles. The molecule has 6 nitrogen and oxygen atoms in total. The molecule has 1 aromatic heterocycles. The summed E-state index contributed by atoms with van der Waals surface area (Å²) in [6.45, 7) is 1.74. The number of benzene rings is 1. The highest BCUT2D eigenvalue weighted by molar-refractivity contribution is 7.92. The van der Waals surface area contributed by atoms with Crippen LogP contribution in [0.2, 0.25) is 0 Å². The molecule has 2 rings (SSSR count). The number of rotatable bonds is 3. The Morgan fingerprint density at radius 1 is 1.28 bits per heavy atom. The third-order valence-electron chi connectivity index (χ3n) is 2.52. The second-order valence-electron chi connectivity index (χ2n) is 3.96. The maximum atomic E-state index is 12.0. The van der Waals surface area contributed by atoms with Gasteiger partial charge in [0, 0.05) is 24.6 Å². The summed E-state index contributed by atoms with van der Waals surface area (Å²) in [4.78, 5) is 3.98. The maximum absolute atomic E-state index is 12.0. The molecule has 0 aliphatic carbocycles. The second kappa shape index (κ2) is 4.34. The van der Waals surface area contributed by atoms with E-state index in [4.69, 9.17) is 5.73 Å². The number of hydrogen-bond acceptors (Lipinski definition) is 4. The molecule has 0 amide bonds. The molecule has 0 aliphatic heterocycles. The number of nitrogens with zero attached hydrogens (tertiary/aromatic N) is 2. The Balaban J connectivity index is 2.29. The predicted octanol–water partition coefficient (Wildman–Crippen LogP) is 1.11. The topological polar surface area (TPSA) is 90.0 Å². The molecule has 3 N–H and O–H groups in total. The summed E-state index contributed by atoms with van der Waals surface area (Å²) in [6.07, 6.45) is 1.47.